The highest BCUT2D eigenvalue weighted by atomic mass is 32.2. The van der Waals surface area contributed by atoms with Gasteiger partial charge in [0, 0.05) is 23.4 Å². The monoisotopic (exact) mass is 382 g/mol. The molecule has 0 spiro atoms. The Labute approximate surface area is 163 Å². The number of hydrogen-bond donors (Lipinski definition) is 1. The topological polar surface area (TPSA) is 66.5 Å². The maximum Gasteiger partial charge on any atom is 0.255 e. The summed E-state index contributed by atoms with van der Waals surface area (Å²) in [6, 6.07) is 13.7. The van der Waals surface area contributed by atoms with Gasteiger partial charge in [0.2, 0.25) is 5.91 Å². The van der Waals surface area contributed by atoms with Gasteiger partial charge in [0.1, 0.15) is 6.04 Å². The van der Waals surface area contributed by atoms with Crippen molar-refractivity contribution in [2.75, 3.05) is 17.3 Å². The van der Waals surface area contributed by atoms with Crippen molar-refractivity contribution in [3.63, 3.8) is 0 Å². The fraction of sp³-hybridized carbons (Fsp3) is 0.286. The SMILES string of the molecule is CSCC[C@@H](C(=O)Nc1ccc(C(C)=O)cc1)N1Cc2ccccc2C1=O. The Balaban J connectivity index is 1.77. The van der Waals surface area contributed by atoms with Crippen molar-refractivity contribution in [1.29, 1.82) is 0 Å². The number of anilines is 1. The Bertz CT molecular complexity index is 864. The van der Waals surface area contributed by atoms with Crippen LogP contribution >= 0.6 is 11.8 Å². The van der Waals surface area contributed by atoms with Gasteiger partial charge in [-0.25, -0.2) is 0 Å². The molecule has 6 heteroatoms. The average Bonchev–Trinajstić information content (AvgIpc) is 2.99. The molecule has 1 N–H and O–H groups in total. The number of carbonyl (C=O) groups excluding carboxylic acids is 3. The summed E-state index contributed by atoms with van der Waals surface area (Å²) in [4.78, 5) is 38.8. The molecule has 0 saturated carbocycles. The molecule has 1 atom stereocenters. The molecule has 1 heterocycles. The predicted octanol–water partition coefficient (Wildman–Crippen LogP) is 3.61. The molecular formula is C21H22N2O3S. The number of hydrogen-bond acceptors (Lipinski definition) is 4. The van der Waals surface area contributed by atoms with E-state index in [0.29, 0.717) is 29.8 Å². The van der Waals surface area contributed by atoms with E-state index in [0.717, 1.165) is 11.3 Å². The molecule has 0 bridgehead atoms. The van der Waals surface area contributed by atoms with Crippen LogP contribution in [0.5, 0.6) is 0 Å². The quantitative estimate of drug-likeness (QED) is 0.743. The molecule has 0 aromatic heterocycles. The largest absolute Gasteiger partial charge is 0.324 e. The summed E-state index contributed by atoms with van der Waals surface area (Å²) in [5.74, 6) is 0.451. The number of benzene rings is 2. The van der Waals surface area contributed by atoms with Crippen LogP contribution in [0.15, 0.2) is 48.5 Å². The van der Waals surface area contributed by atoms with Crippen LogP contribution in [0.3, 0.4) is 0 Å². The average molecular weight is 382 g/mol. The first-order chi connectivity index (χ1) is 13.0. The van der Waals surface area contributed by atoms with Crippen LogP contribution < -0.4 is 5.32 Å². The number of nitrogens with one attached hydrogen (secondary N) is 1. The summed E-state index contributed by atoms with van der Waals surface area (Å²) < 4.78 is 0. The van der Waals surface area contributed by atoms with Crippen molar-refractivity contribution in [2.45, 2.75) is 25.9 Å². The van der Waals surface area contributed by atoms with Crippen molar-refractivity contribution >= 4 is 35.0 Å². The van der Waals surface area contributed by atoms with Gasteiger partial charge in [-0.15, -0.1) is 0 Å². The fourth-order valence-electron chi connectivity index (χ4n) is 3.20. The number of Topliss-reactive ketones (excluding diaryl/α,β-unsaturated/α-hetero) is 1. The van der Waals surface area contributed by atoms with Crippen molar-refractivity contribution < 1.29 is 14.4 Å². The minimum Gasteiger partial charge on any atom is -0.324 e. The highest BCUT2D eigenvalue weighted by Gasteiger charge is 2.35. The van der Waals surface area contributed by atoms with Gasteiger partial charge in [-0.1, -0.05) is 18.2 Å². The Hall–Kier alpha value is -2.60. The second kappa shape index (κ2) is 8.39. The van der Waals surface area contributed by atoms with Crippen molar-refractivity contribution in [1.82, 2.24) is 4.90 Å². The molecule has 0 radical (unpaired) electrons. The van der Waals surface area contributed by atoms with E-state index < -0.39 is 6.04 Å². The van der Waals surface area contributed by atoms with E-state index in [9.17, 15) is 14.4 Å². The molecule has 0 fully saturated rings. The van der Waals surface area contributed by atoms with E-state index in [1.54, 1.807) is 40.9 Å². The van der Waals surface area contributed by atoms with Gasteiger partial charge in [0.15, 0.2) is 5.78 Å². The molecule has 2 aromatic carbocycles. The van der Waals surface area contributed by atoms with Gasteiger partial charge in [-0.3, -0.25) is 14.4 Å². The Morgan fingerprint density at radius 1 is 1.15 bits per heavy atom. The molecule has 5 nitrogen and oxygen atoms in total. The highest BCUT2D eigenvalue weighted by Crippen LogP contribution is 2.26. The van der Waals surface area contributed by atoms with Gasteiger partial charge >= 0.3 is 0 Å². The highest BCUT2D eigenvalue weighted by molar-refractivity contribution is 7.98. The number of ketones is 1. The maximum absolute atomic E-state index is 12.9. The van der Waals surface area contributed by atoms with Crippen LogP contribution in [0, 0.1) is 0 Å². The number of nitrogens with zero attached hydrogens (tertiary/aromatic N) is 1. The minimum absolute atomic E-state index is 0.0221. The maximum atomic E-state index is 12.9. The Morgan fingerprint density at radius 2 is 1.85 bits per heavy atom. The van der Waals surface area contributed by atoms with Gasteiger partial charge in [-0.2, -0.15) is 11.8 Å². The summed E-state index contributed by atoms with van der Waals surface area (Å²) in [6.45, 7) is 1.95. The molecule has 3 rings (SSSR count). The molecule has 2 aromatic rings. The van der Waals surface area contributed by atoms with Crippen LogP contribution in [0.25, 0.3) is 0 Å². The van der Waals surface area contributed by atoms with Gasteiger partial charge in [-0.05, 0) is 61.2 Å². The summed E-state index contributed by atoms with van der Waals surface area (Å²) >= 11 is 1.65. The first kappa shape index (κ1) is 19.2. The van der Waals surface area contributed by atoms with Crippen LogP contribution in [0.1, 0.15) is 39.6 Å². The molecular weight excluding hydrogens is 360 g/mol. The Morgan fingerprint density at radius 3 is 2.48 bits per heavy atom. The molecule has 27 heavy (non-hydrogen) atoms. The van der Waals surface area contributed by atoms with Gasteiger partial charge in [0.05, 0.1) is 0 Å². The molecule has 1 aliphatic rings. The lowest BCUT2D eigenvalue weighted by Crippen LogP contribution is -2.44. The first-order valence-corrected chi connectivity index (χ1v) is 10.2. The van der Waals surface area contributed by atoms with Crippen LogP contribution in [0.2, 0.25) is 0 Å². The predicted molar refractivity (Wildman–Crippen MR) is 108 cm³/mol. The van der Waals surface area contributed by atoms with Gasteiger partial charge in [0.25, 0.3) is 5.91 Å². The van der Waals surface area contributed by atoms with Crippen molar-refractivity contribution in [3.8, 4) is 0 Å². The van der Waals surface area contributed by atoms with Crippen molar-refractivity contribution in [3.05, 3.63) is 65.2 Å². The summed E-state index contributed by atoms with van der Waals surface area (Å²) in [5.41, 5.74) is 2.83. The zero-order valence-corrected chi connectivity index (χ0v) is 16.2. The molecule has 0 aliphatic carbocycles. The third-order valence-electron chi connectivity index (χ3n) is 4.68. The van der Waals surface area contributed by atoms with Gasteiger partial charge < -0.3 is 10.2 Å². The third-order valence-corrected chi connectivity index (χ3v) is 5.33. The Kier molecular flexibility index (Phi) is 5.96. The van der Waals surface area contributed by atoms with E-state index in [1.165, 1.54) is 6.92 Å². The number of rotatable bonds is 7. The fourth-order valence-corrected chi connectivity index (χ4v) is 3.66. The lowest BCUT2D eigenvalue weighted by Gasteiger charge is -2.26. The molecule has 0 unspecified atom stereocenters. The zero-order valence-electron chi connectivity index (χ0n) is 15.4. The summed E-state index contributed by atoms with van der Waals surface area (Å²) in [7, 11) is 0. The second-order valence-corrected chi connectivity index (χ2v) is 7.50. The number of amides is 2. The van der Waals surface area contributed by atoms with E-state index in [2.05, 4.69) is 5.32 Å². The number of thioether (sulfide) groups is 1. The lowest BCUT2D eigenvalue weighted by molar-refractivity contribution is -0.120. The number of fused-ring (bicyclic) bond motifs is 1. The van der Waals surface area contributed by atoms with Crippen LogP contribution in [-0.2, 0) is 11.3 Å². The standard InChI is InChI=1S/C21H22N2O3S/c1-14(24)15-7-9-17(10-8-15)22-20(25)19(11-12-27-2)23-13-16-5-3-4-6-18(16)21(23)26/h3-10,19H,11-13H2,1-2H3,(H,22,25)/t19-/m0/s1. The van der Waals surface area contributed by atoms with Crippen LogP contribution in [0.4, 0.5) is 5.69 Å². The van der Waals surface area contributed by atoms with E-state index >= 15 is 0 Å². The van der Waals surface area contributed by atoms with Crippen molar-refractivity contribution in [2.24, 2.45) is 0 Å². The normalized spacial score (nSPS) is 14.0. The third kappa shape index (κ3) is 4.22. The smallest absolute Gasteiger partial charge is 0.255 e. The van der Waals surface area contributed by atoms with E-state index in [1.807, 2.05) is 30.5 Å². The molecule has 2 amide bonds. The first-order valence-electron chi connectivity index (χ1n) is 8.81. The zero-order chi connectivity index (χ0) is 19.4. The molecule has 140 valence electrons. The molecule has 1 aliphatic heterocycles. The second-order valence-electron chi connectivity index (χ2n) is 6.51. The van der Waals surface area contributed by atoms with Crippen LogP contribution in [-0.4, -0.2) is 40.5 Å². The number of carbonyl (C=O) groups is 3. The summed E-state index contributed by atoms with van der Waals surface area (Å²) in [6.07, 6.45) is 2.56. The van der Waals surface area contributed by atoms with E-state index in [4.69, 9.17) is 0 Å². The minimum atomic E-state index is -0.537. The summed E-state index contributed by atoms with van der Waals surface area (Å²) in [5, 5.41) is 2.89. The molecule has 0 saturated heterocycles. The lowest BCUT2D eigenvalue weighted by atomic mass is 10.1. The van der Waals surface area contributed by atoms with E-state index in [-0.39, 0.29) is 17.6 Å².